The molecule has 2 aromatic heterocycles. The van der Waals surface area contributed by atoms with Gasteiger partial charge in [-0.25, -0.2) is 4.98 Å². The molecule has 0 aliphatic rings. The second-order valence-electron chi connectivity index (χ2n) is 2.76. The average molecular weight is 191 g/mol. The maximum Gasteiger partial charge on any atom is 0.180 e. The van der Waals surface area contributed by atoms with E-state index in [1.54, 1.807) is 6.20 Å². The van der Waals surface area contributed by atoms with Gasteiger partial charge in [0.25, 0.3) is 0 Å². The second kappa shape index (κ2) is 3.14. The molecule has 13 heavy (non-hydrogen) atoms. The molecular weight excluding hydrogens is 182 g/mol. The molecule has 0 unspecified atom stereocenters. The smallest absolute Gasteiger partial charge is 0.180 e. The molecule has 0 aliphatic heterocycles. The van der Waals surface area contributed by atoms with Crippen molar-refractivity contribution in [3.05, 3.63) is 29.4 Å². The van der Waals surface area contributed by atoms with E-state index in [0.717, 1.165) is 16.8 Å². The van der Waals surface area contributed by atoms with Crippen molar-refractivity contribution in [3.63, 3.8) is 0 Å². The van der Waals surface area contributed by atoms with Crippen LogP contribution in [0.1, 0.15) is 5.56 Å². The summed E-state index contributed by atoms with van der Waals surface area (Å²) in [6.07, 6.45) is 3.59. The number of hydrogen-bond acceptors (Lipinski definition) is 4. The minimum absolute atomic E-state index is 0.603. The van der Waals surface area contributed by atoms with E-state index >= 15 is 0 Å². The van der Waals surface area contributed by atoms with Gasteiger partial charge in [0.1, 0.15) is 0 Å². The Morgan fingerprint density at radius 3 is 2.92 bits per heavy atom. The van der Waals surface area contributed by atoms with Gasteiger partial charge < -0.3 is 5.73 Å². The molecule has 0 atom stereocenters. The largest absolute Gasteiger partial charge is 0.375 e. The maximum atomic E-state index is 5.56. The maximum absolute atomic E-state index is 5.56. The summed E-state index contributed by atoms with van der Waals surface area (Å²) in [6, 6.07) is 1.95. The van der Waals surface area contributed by atoms with E-state index in [2.05, 4.69) is 9.97 Å². The molecule has 66 valence electrons. The van der Waals surface area contributed by atoms with Crippen LogP contribution >= 0.6 is 11.3 Å². The van der Waals surface area contributed by atoms with Crippen molar-refractivity contribution in [2.24, 2.45) is 0 Å². The SMILES string of the molecule is Cc1cnccc1-c1csc(N)n1. The summed E-state index contributed by atoms with van der Waals surface area (Å²) in [5.74, 6) is 0. The fourth-order valence-corrected chi connectivity index (χ4v) is 1.74. The molecule has 0 fully saturated rings. The first-order valence-electron chi connectivity index (χ1n) is 3.89. The van der Waals surface area contributed by atoms with Gasteiger partial charge in [0.2, 0.25) is 0 Å². The number of aromatic nitrogens is 2. The van der Waals surface area contributed by atoms with Crippen LogP contribution in [0.15, 0.2) is 23.8 Å². The monoisotopic (exact) mass is 191 g/mol. The lowest BCUT2D eigenvalue weighted by molar-refractivity contribution is 1.26. The van der Waals surface area contributed by atoms with Gasteiger partial charge in [0.15, 0.2) is 5.13 Å². The number of aryl methyl sites for hydroxylation is 1. The van der Waals surface area contributed by atoms with Gasteiger partial charge in [-0.3, -0.25) is 4.98 Å². The normalized spacial score (nSPS) is 10.2. The summed E-state index contributed by atoms with van der Waals surface area (Å²) >= 11 is 1.45. The van der Waals surface area contributed by atoms with Crippen molar-refractivity contribution in [1.82, 2.24) is 9.97 Å². The Morgan fingerprint density at radius 1 is 1.46 bits per heavy atom. The molecule has 0 aliphatic carbocycles. The summed E-state index contributed by atoms with van der Waals surface area (Å²) in [5.41, 5.74) is 8.71. The minimum Gasteiger partial charge on any atom is -0.375 e. The summed E-state index contributed by atoms with van der Waals surface area (Å²) in [5, 5.41) is 2.56. The lowest BCUT2D eigenvalue weighted by atomic mass is 10.1. The van der Waals surface area contributed by atoms with Crippen LogP contribution in [0.4, 0.5) is 5.13 Å². The third-order valence-electron chi connectivity index (χ3n) is 1.82. The van der Waals surface area contributed by atoms with Crippen molar-refractivity contribution < 1.29 is 0 Å². The van der Waals surface area contributed by atoms with Crippen molar-refractivity contribution in [1.29, 1.82) is 0 Å². The van der Waals surface area contributed by atoms with Crippen molar-refractivity contribution in [2.75, 3.05) is 5.73 Å². The van der Waals surface area contributed by atoms with Crippen LogP contribution in [0.25, 0.3) is 11.3 Å². The van der Waals surface area contributed by atoms with Crippen LogP contribution in [0.5, 0.6) is 0 Å². The molecule has 0 saturated carbocycles. The number of rotatable bonds is 1. The third-order valence-corrected chi connectivity index (χ3v) is 2.49. The van der Waals surface area contributed by atoms with Crippen LogP contribution in [-0.2, 0) is 0 Å². The predicted octanol–water partition coefficient (Wildman–Crippen LogP) is 2.10. The van der Waals surface area contributed by atoms with Crippen LogP contribution in [-0.4, -0.2) is 9.97 Å². The highest BCUT2D eigenvalue weighted by molar-refractivity contribution is 7.13. The van der Waals surface area contributed by atoms with Gasteiger partial charge in [-0.2, -0.15) is 0 Å². The Hall–Kier alpha value is -1.42. The molecule has 2 rings (SSSR count). The molecule has 4 heteroatoms. The van der Waals surface area contributed by atoms with E-state index in [9.17, 15) is 0 Å². The third kappa shape index (κ3) is 1.53. The first-order chi connectivity index (χ1) is 6.27. The van der Waals surface area contributed by atoms with E-state index in [1.807, 2.05) is 24.6 Å². The number of hydrogen-bond donors (Lipinski definition) is 1. The summed E-state index contributed by atoms with van der Waals surface area (Å²) in [7, 11) is 0. The number of pyridine rings is 1. The zero-order chi connectivity index (χ0) is 9.26. The summed E-state index contributed by atoms with van der Waals surface area (Å²) < 4.78 is 0. The second-order valence-corrected chi connectivity index (χ2v) is 3.65. The molecule has 2 heterocycles. The standard InChI is InChI=1S/C9H9N3S/c1-6-4-11-3-2-7(6)8-5-13-9(10)12-8/h2-5H,1H3,(H2,10,12). The minimum atomic E-state index is 0.603. The van der Waals surface area contributed by atoms with Crippen molar-refractivity contribution in [3.8, 4) is 11.3 Å². The van der Waals surface area contributed by atoms with Gasteiger partial charge in [-0.05, 0) is 18.6 Å². The molecule has 0 amide bonds. The molecule has 0 saturated heterocycles. The lowest BCUT2D eigenvalue weighted by Gasteiger charge is -1.99. The number of nitrogens with zero attached hydrogens (tertiary/aromatic N) is 2. The Morgan fingerprint density at radius 2 is 2.31 bits per heavy atom. The number of nitrogens with two attached hydrogens (primary N) is 1. The van der Waals surface area contributed by atoms with Crippen molar-refractivity contribution >= 4 is 16.5 Å². The molecule has 2 aromatic rings. The number of nitrogen functional groups attached to an aromatic ring is 1. The predicted molar refractivity (Wildman–Crippen MR) is 54.5 cm³/mol. The zero-order valence-corrected chi connectivity index (χ0v) is 8.01. The highest BCUT2D eigenvalue weighted by Crippen LogP contribution is 2.24. The topological polar surface area (TPSA) is 51.8 Å². The Kier molecular flexibility index (Phi) is 1.98. The molecule has 3 nitrogen and oxygen atoms in total. The van der Waals surface area contributed by atoms with E-state index in [4.69, 9.17) is 5.73 Å². The van der Waals surface area contributed by atoms with Gasteiger partial charge in [-0.1, -0.05) is 0 Å². The first kappa shape index (κ1) is 8.19. The Balaban J connectivity index is 2.52. The van der Waals surface area contributed by atoms with E-state index in [0.29, 0.717) is 5.13 Å². The van der Waals surface area contributed by atoms with Crippen LogP contribution in [0, 0.1) is 6.92 Å². The zero-order valence-electron chi connectivity index (χ0n) is 7.19. The number of anilines is 1. The number of thiazole rings is 1. The fourth-order valence-electron chi connectivity index (χ4n) is 1.17. The van der Waals surface area contributed by atoms with Gasteiger partial charge in [0, 0.05) is 23.3 Å². The molecular formula is C9H9N3S. The lowest BCUT2D eigenvalue weighted by Crippen LogP contribution is -1.86. The van der Waals surface area contributed by atoms with Gasteiger partial charge in [0.05, 0.1) is 5.69 Å². The highest BCUT2D eigenvalue weighted by Gasteiger charge is 2.04. The highest BCUT2D eigenvalue weighted by atomic mass is 32.1. The molecule has 0 bridgehead atoms. The van der Waals surface area contributed by atoms with Crippen LogP contribution < -0.4 is 5.73 Å². The average Bonchev–Trinajstić information content (AvgIpc) is 2.53. The van der Waals surface area contributed by atoms with Crippen LogP contribution in [0.3, 0.4) is 0 Å². The molecule has 0 aromatic carbocycles. The summed E-state index contributed by atoms with van der Waals surface area (Å²) in [4.78, 5) is 8.23. The van der Waals surface area contributed by atoms with E-state index < -0.39 is 0 Å². The quantitative estimate of drug-likeness (QED) is 0.751. The first-order valence-corrected chi connectivity index (χ1v) is 4.77. The fraction of sp³-hybridized carbons (Fsp3) is 0.111. The van der Waals surface area contributed by atoms with Gasteiger partial charge >= 0.3 is 0 Å². The molecule has 0 radical (unpaired) electrons. The van der Waals surface area contributed by atoms with E-state index in [1.165, 1.54) is 11.3 Å². The molecule has 2 N–H and O–H groups in total. The van der Waals surface area contributed by atoms with Gasteiger partial charge in [-0.15, -0.1) is 11.3 Å². The van der Waals surface area contributed by atoms with Crippen LogP contribution in [0.2, 0.25) is 0 Å². The van der Waals surface area contributed by atoms with Crippen molar-refractivity contribution in [2.45, 2.75) is 6.92 Å². The summed E-state index contributed by atoms with van der Waals surface area (Å²) in [6.45, 7) is 2.01. The van der Waals surface area contributed by atoms with E-state index in [-0.39, 0.29) is 0 Å². The Labute approximate surface area is 80.3 Å². The Bertz CT molecular complexity index is 422. The molecule has 0 spiro atoms.